The number of carbonyl (C=O) groups is 2. The minimum absolute atomic E-state index is 0.0243. The summed E-state index contributed by atoms with van der Waals surface area (Å²) in [6.45, 7) is 3.33. The van der Waals surface area contributed by atoms with Crippen LogP contribution in [0.25, 0.3) is 11.2 Å². The molecule has 0 radical (unpaired) electrons. The number of aliphatic hydroxyl groups excluding tert-OH is 2. The lowest BCUT2D eigenvalue weighted by molar-refractivity contribution is -0.122. The fourth-order valence-corrected chi connectivity index (χ4v) is 6.12. The highest BCUT2D eigenvalue weighted by Crippen LogP contribution is 2.34. The Morgan fingerprint density at radius 2 is 1.58 bits per heavy atom. The molecule has 0 bridgehead atoms. The number of hydrogen-bond donors (Lipinski definition) is 8. The van der Waals surface area contributed by atoms with Crippen LogP contribution in [0, 0.1) is 0 Å². The Morgan fingerprint density at radius 1 is 0.960 bits per heavy atom. The Kier molecular flexibility index (Phi) is 13.7. The zero-order valence-corrected chi connectivity index (χ0v) is 28.9. The average Bonchev–Trinajstić information content (AvgIpc) is 3.66. The summed E-state index contributed by atoms with van der Waals surface area (Å²) in [6, 6.07) is 18.9. The van der Waals surface area contributed by atoms with Crippen LogP contribution in [0.15, 0.2) is 67.0 Å². The predicted octanol–water partition coefficient (Wildman–Crippen LogP) is -0.185. The van der Waals surface area contributed by atoms with Crippen LogP contribution < -0.4 is 32.1 Å². The summed E-state index contributed by atoms with van der Waals surface area (Å²) in [4.78, 5) is 38.6. The normalized spacial score (nSPS) is 18.8. The van der Waals surface area contributed by atoms with E-state index in [1.54, 1.807) is 11.5 Å². The fourth-order valence-electron chi connectivity index (χ4n) is 5.63. The van der Waals surface area contributed by atoms with Gasteiger partial charge in [-0.1, -0.05) is 67.6 Å². The van der Waals surface area contributed by atoms with E-state index >= 15 is 0 Å². The van der Waals surface area contributed by atoms with E-state index in [1.807, 2.05) is 36.4 Å². The van der Waals surface area contributed by atoms with Crippen LogP contribution in [0.3, 0.4) is 0 Å². The van der Waals surface area contributed by atoms with Crippen molar-refractivity contribution in [1.29, 1.82) is 0 Å². The smallest absolute Gasteiger partial charge is 0.289 e. The SMILES string of the molecule is CCC(=O)N[C@H]1C[C@@H](n2cnc3c(NCC(c4ccccc4)c4ccccc4)nc(C(=O)NCCN)nc32)[C@H](O)[C@@H]1O.CS(=O)(=O)NCCN. The van der Waals surface area contributed by atoms with Gasteiger partial charge in [0.1, 0.15) is 17.7 Å². The molecule has 2 amide bonds. The molecule has 4 atom stereocenters. The molecule has 4 aromatic rings. The molecule has 10 N–H and O–H groups in total. The van der Waals surface area contributed by atoms with Crippen LogP contribution in [0.1, 0.15) is 53.5 Å². The predicted molar refractivity (Wildman–Crippen MR) is 190 cm³/mol. The van der Waals surface area contributed by atoms with Crippen LogP contribution in [-0.2, 0) is 14.8 Å². The molecule has 2 aromatic heterocycles. The second kappa shape index (κ2) is 17.9. The fraction of sp³-hybridized carbons (Fsp3) is 0.424. The van der Waals surface area contributed by atoms with E-state index in [-0.39, 0.29) is 43.6 Å². The molecular formula is C33H46N10O6S. The van der Waals surface area contributed by atoms with Gasteiger partial charge < -0.3 is 42.2 Å². The van der Waals surface area contributed by atoms with E-state index in [4.69, 9.17) is 11.5 Å². The third kappa shape index (κ3) is 10.0. The van der Waals surface area contributed by atoms with Gasteiger partial charge in [0.25, 0.3) is 5.91 Å². The molecule has 2 heterocycles. The van der Waals surface area contributed by atoms with E-state index in [0.717, 1.165) is 17.4 Å². The van der Waals surface area contributed by atoms with Gasteiger partial charge in [-0.3, -0.25) is 9.59 Å². The number of nitrogens with one attached hydrogen (secondary N) is 4. The van der Waals surface area contributed by atoms with Crippen molar-refractivity contribution < 1.29 is 28.2 Å². The maximum atomic E-state index is 13.0. The zero-order valence-electron chi connectivity index (χ0n) is 28.1. The number of imidazole rings is 1. The van der Waals surface area contributed by atoms with Crippen molar-refractivity contribution in [2.45, 2.75) is 50.0 Å². The second-order valence-electron chi connectivity index (χ2n) is 11.8. The maximum Gasteiger partial charge on any atom is 0.289 e. The summed E-state index contributed by atoms with van der Waals surface area (Å²) in [7, 11) is -3.02. The lowest BCUT2D eigenvalue weighted by atomic mass is 9.91. The first-order valence-corrected chi connectivity index (χ1v) is 18.2. The third-order valence-electron chi connectivity index (χ3n) is 8.12. The van der Waals surface area contributed by atoms with Gasteiger partial charge in [0.2, 0.25) is 21.8 Å². The van der Waals surface area contributed by atoms with Gasteiger partial charge in [-0.05, 0) is 17.5 Å². The van der Waals surface area contributed by atoms with Crippen molar-refractivity contribution in [3.8, 4) is 0 Å². The molecular weight excluding hydrogens is 664 g/mol. The molecule has 0 saturated heterocycles. The summed E-state index contributed by atoms with van der Waals surface area (Å²) in [6.07, 6.45) is 0.767. The molecule has 270 valence electrons. The lowest BCUT2D eigenvalue weighted by Crippen LogP contribution is -2.42. The van der Waals surface area contributed by atoms with Crippen molar-refractivity contribution >= 4 is 38.8 Å². The van der Waals surface area contributed by atoms with E-state index in [9.17, 15) is 28.2 Å². The summed E-state index contributed by atoms with van der Waals surface area (Å²) in [5.74, 6) is -0.469. The van der Waals surface area contributed by atoms with Crippen molar-refractivity contribution in [1.82, 2.24) is 34.9 Å². The van der Waals surface area contributed by atoms with Gasteiger partial charge in [-0.25, -0.2) is 28.1 Å². The standard InChI is InChI=1S/C30H36N8O4.C3H10N2O2S/c1-2-23(39)35-21-15-22(26(41)25(21)40)38-17-34-24-27(36-28(37-29(24)38)30(42)32-14-13-31)33-16-20(18-9-5-3-6-10-18)19-11-7-4-8-12-19;1-8(6,7)5-3-2-4/h3-12,17,20-22,25-26,40-41H,2,13-16,31H2,1H3,(H,32,42)(H,35,39)(H,33,36,37);5H,2-4H2,1H3/t21-,22+,25+,26-;/m0./s1. The number of carbonyl (C=O) groups excluding carboxylic acids is 2. The number of aromatic nitrogens is 4. The lowest BCUT2D eigenvalue weighted by Gasteiger charge is -2.20. The minimum atomic E-state index is -3.02. The molecule has 50 heavy (non-hydrogen) atoms. The average molecular weight is 711 g/mol. The highest BCUT2D eigenvalue weighted by Gasteiger charge is 2.43. The second-order valence-corrected chi connectivity index (χ2v) is 13.6. The molecule has 1 aliphatic carbocycles. The highest BCUT2D eigenvalue weighted by atomic mass is 32.2. The molecule has 5 rings (SSSR count). The van der Waals surface area contributed by atoms with Gasteiger partial charge in [-0.15, -0.1) is 0 Å². The van der Waals surface area contributed by atoms with Gasteiger partial charge >= 0.3 is 0 Å². The molecule has 1 saturated carbocycles. The van der Waals surface area contributed by atoms with E-state index < -0.39 is 40.2 Å². The molecule has 1 aliphatic rings. The number of hydrogen-bond acceptors (Lipinski definition) is 12. The van der Waals surface area contributed by atoms with Gasteiger partial charge in [0.05, 0.1) is 24.7 Å². The van der Waals surface area contributed by atoms with Crippen molar-refractivity contribution in [2.75, 3.05) is 44.3 Å². The Bertz CT molecular complexity index is 1770. The largest absolute Gasteiger partial charge is 0.388 e. The van der Waals surface area contributed by atoms with Crippen LogP contribution in [0.5, 0.6) is 0 Å². The van der Waals surface area contributed by atoms with Crippen LogP contribution in [-0.4, -0.2) is 107 Å². The topological polar surface area (TPSA) is 252 Å². The summed E-state index contributed by atoms with van der Waals surface area (Å²) in [5, 5.41) is 30.5. The monoisotopic (exact) mass is 710 g/mol. The van der Waals surface area contributed by atoms with Crippen molar-refractivity contribution in [3.05, 3.63) is 83.9 Å². The zero-order chi connectivity index (χ0) is 36.3. The first-order valence-electron chi connectivity index (χ1n) is 16.3. The molecule has 0 aliphatic heterocycles. The first kappa shape index (κ1) is 38.3. The number of anilines is 1. The maximum absolute atomic E-state index is 13.0. The molecule has 16 nitrogen and oxygen atoms in total. The Labute approximate surface area is 291 Å². The number of nitrogens with two attached hydrogens (primary N) is 2. The number of rotatable bonds is 14. The van der Waals surface area contributed by atoms with Gasteiger partial charge in [-0.2, -0.15) is 0 Å². The van der Waals surface area contributed by atoms with Crippen LogP contribution in [0.2, 0.25) is 0 Å². The number of amides is 2. The van der Waals surface area contributed by atoms with E-state index in [2.05, 4.69) is 59.9 Å². The van der Waals surface area contributed by atoms with Crippen LogP contribution >= 0.6 is 0 Å². The van der Waals surface area contributed by atoms with Crippen molar-refractivity contribution in [3.63, 3.8) is 0 Å². The summed E-state index contributed by atoms with van der Waals surface area (Å²) in [5.41, 5.74) is 13.5. The van der Waals surface area contributed by atoms with Crippen LogP contribution in [0.4, 0.5) is 5.82 Å². The molecule has 0 spiro atoms. The van der Waals surface area contributed by atoms with Crippen molar-refractivity contribution in [2.24, 2.45) is 11.5 Å². The Balaban J connectivity index is 0.000000627. The minimum Gasteiger partial charge on any atom is -0.388 e. The Hall–Kier alpha value is -4.52. The molecule has 0 unspecified atom stereocenters. The number of aliphatic hydroxyl groups is 2. The van der Waals surface area contributed by atoms with E-state index in [1.165, 1.54) is 6.33 Å². The van der Waals surface area contributed by atoms with Gasteiger partial charge in [0.15, 0.2) is 11.5 Å². The van der Waals surface area contributed by atoms with E-state index in [0.29, 0.717) is 36.6 Å². The number of benzene rings is 2. The first-order chi connectivity index (χ1) is 24.0. The number of sulfonamides is 1. The molecule has 2 aromatic carbocycles. The molecule has 17 heteroatoms. The summed E-state index contributed by atoms with van der Waals surface area (Å²) < 4.78 is 24.3. The highest BCUT2D eigenvalue weighted by molar-refractivity contribution is 7.88. The summed E-state index contributed by atoms with van der Waals surface area (Å²) >= 11 is 0. The molecule has 1 fully saturated rings. The Morgan fingerprint density at radius 3 is 2.12 bits per heavy atom. The number of fused-ring (bicyclic) bond motifs is 1. The number of nitrogens with zero attached hydrogens (tertiary/aromatic N) is 4. The van der Waals surface area contributed by atoms with Gasteiger partial charge in [0, 0.05) is 45.1 Å². The quantitative estimate of drug-likeness (QED) is 0.0848. The third-order valence-corrected chi connectivity index (χ3v) is 8.85.